The zero-order chi connectivity index (χ0) is 7.98. The lowest BCUT2D eigenvalue weighted by Crippen LogP contribution is -1.99. The molecule has 1 rings (SSSR count). The molecule has 10 heavy (non-hydrogen) atoms. The highest BCUT2D eigenvalue weighted by atomic mass is 16.6. The molecule has 60 valence electrons. The van der Waals surface area contributed by atoms with Gasteiger partial charge in [-0.05, 0) is 20.3 Å². The lowest BCUT2D eigenvalue weighted by atomic mass is 10.4. The van der Waals surface area contributed by atoms with Gasteiger partial charge >= 0.3 is 0 Å². The number of ether oxygens (including phenoxy) is 1. The van der Waals surface area contributed by atoms with Crippen LogP contribution in [0, 0.1) is 0 Å². The molecule has 1 saturated heterocycles. The third-order valence-corrected chi connectivity index (χ3v) is 0.906. The molecule has 0 bridgehead atoms. The molecule has 0 saturated carbocycles. The highest BCUT2D eigenvalue weighted by molar-refractivity contribution is 5.72. The first kappa shape index (κ1) is 9.59. The van der Waals surface area contributed by atoms with Crippen molar-refractivity contribution in [2.75, 3.05) is 6.61 Å². The molecule has 1 aliphatic heterocycles. The molecule has 3 nitrogen and oxygen atoms in total. The third kappa shape index (κ3) is 7.59. The maximum Gasteiger partial charge on any atom is 0.154 e. The Bertz CT molecular complexity index is 91.0. The third-order valence-electron chi connectivity index (χ3n) is 0.906. The molecule has 0 aromatic carbocycles. The molecule has 1 N–H and O–H groups in total. The molecule has 1 heterocycles. The zero-order valence-electron chi connectivity index (χ0n) is 6.46. The Morgan fingerprint density at radius 1 is 1.60 bits per heavy atom. The van der Waals surface area contributed by atoms with Crippen LogP contribution in [0.25, 0.3) is 0 Å². The van der Waals surface area contributed by atoms with Gasteiger partial charge in [0, 0.05) is 13.0 Å². The van der Waals surface area contributed by atoms with E-state index in [0.717, 1.165) is 19.4 Å². The molecular weight excluding hydrogens is 132 g/mol. The minimum Gasteiger partial charge on any atom is -0.368 e. The van der Waals surface area contributed by atoms with Crippen LogP contribution in [0.1, 0.15) is 26.7 Å². The lowest BCUT2D eigenvalue weighted by Gasteiger charge is -1.93. The smallest absolute Gasteiger partial charge is 0.154 e. The summed E-state index contributed by atoms with van der Waals surface area (Å²) >= 11 is 0. The summed E-state index contributed by atoms with van der Waals surface area (Å²) in [5.74, 6) is 0.167. The molecule has 0 aromatic heterocycles. The number of aliphatic hydroxyl groups is 1. The molecule has 1 fully saturated rings. The molecule has 1 aliphatic rings. The molecule has 3 heteroatoms. The lowest BCUT2D eigenvalue weighted by molar-refractivity contribution is -0.115. The Morgan fingerprint density at radius 3 is 2.20 bits per heavy atom. The van der Waals surface area contributed by atoms with Crippen molar-refractivity contribution in [2.45, 2.75) is 33.0 Å². The number of rotatable bonds is 0. The second-order valence-corrected chi connectivity index (χ2v) is 2.38. The molecule has 0 amide bonds. The molecule has 0 aliphatic carbocycles. The van der Waals surface area contributed by atoms with Gasteiger partial charge in [0.25, 0.3) is 0 Å². The summed E-state index contributed by atoms with van der Waals surface area (Å²) < 4.78 is 4.71. The van der Waals surface area contributed by atoms with Crippen molar-refractivity contribution in [1.29, 1.82) is 0 Å². The summed E-state index contributed by atoms with van der Waals surface area (Å²) in [7, 11) is 0. The number of Topliss-reactive ketones (excluding diaryl/α,β-unsaturated/α-hetero) is 1. The van der Waals surface area contributed by atoms with Crippen molar-refractivity contribution in [3.63, 3.8) is 0 Å². The van der Waals surface area contributed by atoms with E-state index in [1.807, 2.05) is 0 Å². The van der Waals surface area contributed by atoms with Gasteiger partial charge in [0.1, 0.15) is 5.78 Å². The van der Waals surface area contributed by atoms with Crippen LogP contribution in [0.5, 0.6) is 0 Å². The summed E-state index contributed by atoms with van der Waals surface area (Å²) in [5.41, 5.74) is 0. The molecule has 0 aromatic rings. The Balaban J connectivity index is 0.000000180. The quantitative estimate of drug-likeness (QED) is 0.547. The van der Waals surface area contributed by atoms with Crippen molar-refractivity contribution in [3.05, 3.63) is 0 Å². The van der Waals surface area contributed by atoms with Crippen LogP contribution in [0.3, 0.4) is 0 Å². The van der Waals surface area contributed by atoms with Gasteiger partial charge in [-0.1, -0.05) is 0 Å². The minimum atomic E-state index is -0.454. The second-order valence-electron chi connectivity index (χ2n) is 2.38. The van der Waals surface area contributed by atoms with Crippen molar-refractivity contribution < 1.29 is 14.6 Å². The van der Waals surface area contributed by atoms with Crippen LogP contribution in [0.2, 0.25) is 0 Å². The fourth-order valence-corrected chi connectivity index (χ4v) is 0.561. The van der Waals surface area contributed by atoms with Crippen molar-refractivity contribution in [2.24, 2.45) is 0 Å². The van der Waals surface area contributed by atoms with E-state index in [1.165, 1.54) is 13.8 Å². The van der Waals surface area contributed by atoms with Gasteiger partial charge in [0.15, 0.2) is 6.29 Å². The van der Waals surface area contributed by atoms with E-state index in [0.29, 0.717) is 0 Å². The first-order valence-electron chi connectivity index (χ1n) is 3.39. The number of aliphatic hydroxyl groups excluding tert-OH is 1. The van der Waals surface area contributed by atoms with Gasteiger partial charge < -0.3 is 14.6 Å². The maximum absolute atomic E-state index is 9.44. The topological polar surface area (TPSA) is 46.5 Å². The fourth-order valence-electron chi connectivity index (χ4n) is 0.561. The van der Waals surface area contributed by atoms with Gasteiger partial charge in [-0.3, -0.25) is 0 Å². The van der Waals surface area contributed by atoms with E-state index in [9.17, 15) is 4.79 Å². The highest BCUT2D eigenvalue weighted by Gasteiger charge is 2.09. The predicted octanol–water partition coefficient (Wildman–Crippen LogP) is 0.710. The number of carbonyl (C=O) groups is 1. The average molecular weight is 146 g/mol. The van der Waals surface area contributed by atoms with Crippen LogP contribution in [-0.4, -0.2) is 23.8 Å². The van der Waals surface area contributed by atoms with Gasteiger partial charge in [0.2, 0.25) is 0 Å². The van der Waals surface area contributed by atoms with E-state index in [2.05, 4.69) is 0 Å². The Kier molecular flexibility index (Phi) is 5.16. The SMILES string of the molecule is CC(C)=O.OC1CCCO1. The van der Waals surface area contributed by atoms with Crippen LogP contribution < -0.4 is 0 Å². The van der Waals surface area contributed by atoms with Gasteiger partial charge in [-0.15, -0.1) is 0 Å². The number of hydrogen-bond acceptors (Lipinski definition) is 3. The standard InChI is InChI=1S/C4H8O2.C3H6O/c5-4-2-1-3-6-4;1-3(2)4/h4-5H,1-3H2;1-2H3. The van der Waals surface area contributed by atoms with Gasteiger partial charge in [0.05, 0.1) is 0 Å². The molecule has 0 spiro atoms. The number of carbonyl (C=O) groups excluding carboxylic acids is 1. The van der Waals surface area contributed by atoms with Crippen LogP contribution in [0.15, 0.2) is 0 Å². The maximum atomic E-state index is 9.44. The Hall–Kier alpha value is -0.410. The largest absolute Gasteiger partial charge is 0.368 e. The summed E-state index contributed by atoms with van der Waals surface area (Å²) in [4.78, 5) is 9.44. The van der Waals surface area contributed by atoms with Crippen molar-refractivity contribution in [1.82, 2.24) is 0 Å². The summed E-state index contributed by atoms with van der Waals surface area (Å²) in [6.07, 6.45) is 1.38. The van der Waals surface area contributed by atoms with Crippen molar-refractivity contribution in [3.8, 4) is 0 Å². The second kappa shape index (κ2) is 5.38. The molecule has 1 unspecified atom stereocenters. The normalized spacial score (nSPS) is 23.3. The predicted molar refractivity (Wildman–Crippen MR) is 37.5 cm³/mol. The summed E-state index contributed by atoms with van der Waals surface area (Å²) in [6.45, 7) is 3.79. The monoisotopic (exact) mass is 146 g/mol. The highest BCUT2D eigenvalue weighted by Crippen LogP contribution is 2.06. The summed E-state index contributed by atoms with van der Waals surface area (Å²) in [6, 6.07) is 0. The first-order chi connectivity index (χ1) is 4.63. The summed E-state index contributed by atoms with van der Waals surface area (Å²) in [5, 5.41) is 8.51. The van der Waals surface area contributed by atoms with Crippen molar-refractivity contribution >= 4 is 5.78 Å². The molecular formula is C7H14O3. The van der Waals surface area contributed by atoms with Crippen LogP contribution >= 0.6 is 0 Å². The van der Waals surface area contributed by atoms with E-state index in [-0.39, 0.29) is 5.78 Å². The van der Waals surface area contributed by atoms with E-state index < -0.39 is 6.29 Å². The fraction of sp³-hybridized carbons (Fsp3) is 0.857. The Morgan fingerprint density at radius 2 is 2.10 bits per heavy atom. The average Bonchev–Trinajstić information content (AvgIpc) is 2.15. The molecule has 1 atom stereocenters. The minimum absolute atomic E-state index is 0.167. The Labute approximate surface area is 61.0 Å². The van der Waals surface area contributed by atoms with Gasteiger partial charge in [-0.2, -0.15) is 0 Å². The zero-order valence-corrected chi connectivity index (χ0v) is 6.46. The molecule has 0 radical (unpaired) electrons. The van der Waals surface area contributed by atoms with E-state index in [4.69, 9.17) is 9.84 Å². The van der Waals surface area contributed by atoms with Crippen LogP contribution in [-0.2, 0) is 9.53 Å². The van der Waals surface area contributed by atoms with E-state index >= 15 is 0 Å². The van der Waals surface area contributed by atoms with Gasteiger partial charge in [-0.25, -0.2) is 0 Å². The first-order valence-corrected chi connectivity index (χ1v) is 3.39. The van der Waals surface area contributed by atoms with E-state index in [1.54, 1.807) is 0 Å². The number of hydrogen-bond donors (Lipinski definition) is 1. The number of ketones is 1. The van der Waals surface area contributed by atoms with Crippen LogP contribution in [0.4, 0.5) is 0 Å².